The molecular weight excluding hydrogens is 192 g/mol. The molecule has 0 heterocycles. The van der Waals surface area contributed by atoms with E-state index >= 15 is 0 Å². The van der Waals surface area contributed by atoms with Crippen molar-refractivity contribution in [3.8, 4) is 5.75 Å². The quantitative estimate of drug-likeness (QED) is 0.770. The molecule has 80 valence electrons. The van der Waals surface area contributed by atoms with Gasteiger partial charge >= 0.3 is 5.97 Å². The van der Waals surface area contributed by atoms with Crippen LogP contribution in [0.2, 0.25) is 0 Å². The fourth-order valence-corrected chi connectivity index (χ4v) is 1.13. The average Bonchev–Trinajstić information content (AvgIpc) is 2.14. The first kappa shape index (κ1) is 11.3. The van der Waals surface area contributed by atoms with Crippen LogP contribution in [0.1, 0.15) is 19.4 Å². The molecular formula is C12H14O3. The normalized spacial score (nSPS) is 10.9. The number of carboxylic acid groups (broad SMARTS) is 1. The lowest BCUT2D eigenvalue weighted by atomic mass is 10.2. The molecule has 0 amide bonds. The summed E-state index contributed by atoms with van der Waals surface area (Å²) in [6.07, 6.45) is 2.76. The van der Waals surface area contributed by atoms with E-state index in [4.69, 9.17) is 9.84 Å². The maximum atomic E-state index is 10.3. The summed E-state index contributed by atoms with van der Waals surface area (Å²) in [5.74, 6) is -0.206. The van der Waals surface area contributed by atoms with Crippen molar-refractivity contribution >= 4 is 12.0 Å². The van der Waals surface area contributed by atoms with E-state index < -0.39 is 5.97 Å². The Morgan fingerprint density at radius 3 is 2.80 bits per heavy atom. The van der Waals surface area contributed by atoms with Gasteiger partial charge in [0, 0.05) is 6.08 Å². The monoisotopic (exact) mass is 206 g/mol. The third-order valence-electron chi connectivity index (χ3n) is 1.65. The highest BCUT2D eigenvalue weighted by Gasteiger charge is 1.97. The minimum absolute atomic E-state index is 0.115. The Balaban J connectivity index is 2.78. The third kappa shape index (κ3) is 4.31. The van der Waals surface area contributed by atoms with Crippen LogP contribution in [0.3, 0.4) is 0 Å². The summed E-state index contributed by atoms with van der Waals surface area (Å²) in [6, 6.07) is 7.31. The number of hydrogen-bond acceptors (Lipinski definition) is 2. The Morgan fingerprint density at radius 1 is 1.47 bits per heavy atom. The predicted molar refractivity (Wildman–Crippen MR) is 58.9 cm³/mol. The summed E-state index contributed by atoms with van der Waals surface area (Å²) in [6.45, 7) is 3.89. The lowest BCUT2D eigenvalue weighted by Gasteiger charge is -2.09. The Morgan fingerprint density at radius 2 is 2.20 bits per heavy atom. The Labute approximate surface area is 89.0 Å². The molecule has 0 bridgehead atoms. The first-order valence-corrected chi connectivity index (χ1v) is 4.75. The Bertz CT molecular complexity index is 367. The molecule has 3 heteroatoms. The summed E-state index contributed by atoms with van der Waals surface area (Å²) < 4.78 is 5.48. The minimum atomic E-state index is -0.954. The van der Waals surface area contributed by atoms with E-state index in [-0.39, 0.29) is 6.10 Å². The van der Waals surface area contributed by atoms with Crippen LogP contribution in [0.4, 0.5) is 0 Å². The summed E-state index contributed by atoms with van der Waals surface area (Å²) in [4.78, 5) is 10.3. The molecule has 0 aromatic heterocycles. The van der Waals surface area contributed by atoms with Gasteiger partial charge in [0.2, 0.25) is 0 Å². The molecule has 0 spiro atoms. The van der Waals surface area contributed by atoms with Gasteiger partial charge in [-0.15, -0.1) is 0 Å². The molecule has 3 nitrogen and oxygen atoms in total. The van der Waals surface area contributed by atoms with E-state index in [0.717, 1.165) is 17.4 Å². The van der Waals surface area contributed by atoms with E-state index in [1.54, 1.807) is 6.07 Å². The highest BCUT2D eigenvalue weighted by Crippen LogP contribution is 2.15. The molecule has 0 atom stereocenters. The second-order valence-electron chi connectivity index (χ2n) is 3.41. The maximum Gasteiger partial charge on any atom is 0.328 e. The molecule has 15 heavy (non-hydrogen) atoms. The summed E-state index contributed by atoms with van der Waals surface area (Å²) >= 11 is 0. The molecule has 0 unspecified atom stereocenters. The summed E-state index contributed by atoms with van der Waals surface area (Å²) in [5.41, 5.74) is 0.815. The minimum Gasteiger partial charge on any atom is -0.491 e. The van der Waals surface area contributed by atoms with E-state index in [1.807, 2.05) is 32.0 Å². The van der Waals surface area contributed by atoms with E-state index in [0.29, 0.717) is 0 Å². The SMILES string of the molecule is CC(C)Oc1cccc(C=CC(=O)O)c1. The fraction of sp³-hybridized carbons (Fsp3) is 0.250. The van der Waals surface area contributed by atoms with Crippen LogP contribution in [0.15, 0.2) is 30.3 Å². The second kappa shape index (κ2) is 5.20. The molecule has 0 aliphatic carbocycles. The van der Waals surface area contributed by atoms with Crippen LogP contribution in [-0.4, -0.2) is 17.2 Å². The number of ether oxygens (including phenoxy) is 1. The van der Waals surface area contributed by atoms with Crippen LogP contribution in [-0.2, 0) is 4.79 Å². The van der Waals surface area contributed by atoms with Crippen molar-refractivity contribution in [3.63, 3.8) is 0 Å². The molecule has 1 aromatic carbocycles. The first-order valence-electron chi connectivity index (χ1n) is 4.75. The van der Waals surface area contributed by atoms with E-state index in [2.05, 4.69) is 0 Å². The van der Waals surface area contributed by atoms with Crippen molar-refractivity contribution in [2.75, 3.05) is 0 Å². The van der Waals surface area contributed by atoms with Gasteiger partial charge in [-0.05, 0) is 37.6 Å². The van der Waals surface area contributed by atoms with Crippen molar-refractivity contribution < 1.29 is 14.6 Å². The van der Waals surface area contributed by atoms with Crippen molar-refractivity contribution in [1.29, 1.82) is 0 Å². The first-order chi connectivity index (χ1) is 7.08. The zero-order valence-electron chi connectivity index (χ0n) is 8.81. The van der Waals surface area contributed by atoms with Crippen molar-refractivity contribution in [3.05, 3.63) is 35.9 Å². The highest BCUT2D eigenvalue weighted by molar-refractivity contribution is 5.85. The Kier molecular flexibility index (Phi) is 3.92. The number of benzene rings is 1. The maximum absolute atomic E-state index is 10.3. The molecule has 1 rings (SSSR count). The predicted octanol–water partition coefficient (Wildman–Crippen LogP) is 2.57. The molecule has 1 aromatic rings. The summed E-state index contributed by atoms with van der Waals surface area (Å²) in [5, 5.41) is 8.47. The van der Waals surface area contributed by atoms with Crippen LogP contribution in [0.5, 0.6) is 5.75 Å². The molecule has 0 radical (unpaired) electrons. The van der Waals surface area contributed by atoms with Gasteiger partial charge in [-0.3, -0.25) is 0 Å². The zero-order valence-corrected chi connectivity index (χ0v) is 8.81. The van der Waals surface area contributed by atoms with E-state index in [9.17, 15) is 4.79 Å². The topological polar surface area (TPSA) is 46.5 Å². The number of hydrogen-bond donors (Lipinski definition) is 1. The van der Waals surface area contributed by atoms with Gasteiger partial charge in [-0.25, -0.2) is 4.79 Å². The van der Waals surface area contributed by atoms with Crippen molar-refractivity contribution in [2.24, 2.45) is 0 Å². The van der Waals surface area contributed by atoms with Gasteiger partial charge < -0.3 is 9.84 Å². The Hall–Kier alpha value is -1.77. The average molecular weight is 206 g/mol. The molecule has 0 aliphatic heterocycles. The number of rotatable bonds is 4. The molecule has 0 saturated carbocycles. The van der Waals surface area contributed by atoms with Crippen LogP contribution in [0.25, 0.3) is 6.08 Å². The molecule has 0 saturated heterocycles. The number of carbonyl (C=O) groups is 1. The lowest BCUT2D eigenvalue weighted by molar-refractivity contribution is -0.131. The van der Waals surface area contributed by atoms with Gasteiger partial charge in [0.1, 0.15) is 5.75 Å². The highest BCUT2D eigenvalue weighted by atomic mass is 16.5. The number of carboxylic acids is 1. The van der Waals surface area contributed by atoms with Crippen molar-refractivity contribution in [2.45, 2.75) is 20.0 Å². The van der Waals surface area contributed by atoms with Crippen LogP contribution >= 0.6 is 0 Å². The molecule has 0 fully saturated rings. The second-order valence-corrected chi connectivity index (χ2v) is 3.41. The number of aliphatic carboxylic acids is 1. The molecule has 1 N–H and O–H groups in total. The fourth-order valence-electron chi connectivity index (χ4n) is 1.13. The third-order valence-corrected chi connectivity index (χ3v) is 1.65. The van der Waals surface area contributed by atoms with E-state index in [1.165, 1.54) is 6.08 Å². The molecule has 0 aliphatic rings. The smallest absolute Gasteiger partial charge is 0.328 e. The largest absolute Gasteiger partial charge is 0.491 e. The summed E-state index contributed by atoms with van der Waals surface area (Å²) in [7, 11) is 0. The van der Waals surface area contributed by atoms with Crippen molar-refractivity contribution in [1.82, 2.24) is 0 Å². The lowest BCUT2D eigenvalue weighted by Crippen LogP contribution is -2.05. The standard InChI is InChI=1S/C12H14O3/c1-9(2)15-11-5-3-4-10(8-11)6-7-12(13)14/h3-9H,1-2H3,(H,13,14). The van der Waals surface area contributed by atoms with Crippen LogP contribution in [0, 0.1) is 0 Å². The van der Waals surface area contributed by atoms with Gasteiger partial charge in [0.25, 0.3) is 0 Å². The van der Waals surface area contributed by atoms with Gasteiger partial charge in [-0.1, -0.05) is 12.1 Å². The van der Waals surface area contributed by atoms with Gasteiger partial charge in [0.15, 0.2) is 0 Å². The van der Waals surface area contributed by atoms with Gasteiger partial charge in [0.05, 0.1) is 6.10 Å². The van der Waals surface area contributed by atoms with Gasteiger partial charge in [-0.2, -0.15) is 0 Å². The van der Waals surface area contributed by atoms with Crippen LogP contribution < -0.4 is 4.74 Å². The zero-order chi connectivity index (χ0) is 11.3.